The molecule has 116 valence electrons. The molecule has 22 heavy (non-hydrogen) atoms. The Morgan fingerprint density at radius 2 is 1.95 bits per heavy atom. The normalized spacial score (nSPS) is 16.8. The zero-order valence-electron chi connectivity index (χ0n) is 12.9. The third kappa shape index (κ3) is 2.30. The molecule has 0 aromatic carbocycles. The molecule has 4 nitrogen and oxygen atoms in total. The van der Waals surface area contributed by atoms with Crippen molar-refractivity contribution in [1.29, 1.82) is 0 Å². The minimum atomic E-state index is 0.0861. The van der Waals surface area contributed by atoms with Gasteiger partial charge in [-0.3, -0.25) is 14.1 Å². The molecule has 0 unspecified atom stereocenters. The van der Waals surface area contributed by atoms with Crippen LogP contribution in [0.5, 0.6) is 0 Å². The second-order valence-corrected chi connectivity index (χ2v) is 8.36. The first kappa shape index (κ1) is 14.4. The fraction of sp³-hybridized carbons (Fsp3) is 0.500. The van der Waals surface area contributed by atoms with Gasteiger partial charge < -0.3 is 0 Å². The van der Waals surface area contributed by atoms with E-state index in [-0.39, 0.29) is 5.56 Å². The molecule has 4 heterocycles. The van der Waals surface area contributed by atoms with Gasteiger partial charge in [0.1, 0.15) is 4.83 Å². The number of piperidine rings is 1. The van der Waals surface area contributed by atoms with Crippen LogP contribution in [0.1, 0.15) is 34.6 Å². The minimum Gasteiger partial charge on any atom is -0.298 e. The summed E-state index contributed by atoms with van der Waals surface area (Å²) in [6.45, 7) is 7.36. The first-order chi connectivity index (χ1) is 10.6. The van der Waals surface area contributed by atoms with Crippen LogP contribution in [-0.4, -0.2) is 27.4 Å². The van der Waals surface area contributed by atoms with Gasteiger partial charge in [0.15, 0.2) is 4.96 Å². The molecule has 0 aliphatic carbocycles. The standard InChI is InChI=1S/C16H19N3OS2/c1-10-11(2)21-14-13(10)15(20)19-9-12(22-16(19)17-14)8-18-6-4-3-5-7-18/h9H,3-8H2,1-2H3. The molecule has 4 rings (SSSR count). The Morgan fingerprint density at radius 1 is 1.18 bits per heavy atom. The van der Waals surface area contributed by atoms with E-state index in [1.54, 1.807) is 27.1 Å². The lowest BCUT2D eigenvalue weighted by Gasteiger charge is -2.25. The van der Waals surface area contributed by atoms with Crippen molar-refractivity contribution < 1.29 is 0 Å². The SMILES string of the molecule is Cc1sc2nc3sc(CN4CCCCC4)cn3c(=O)c2c1C. The average molecular weight is 333 g/mol. The van der Waals surface area contributed by atoms with Crippen LogP contribution >= 0.6 is 22.7 Å². The van der Waals surface area contributed by atoms with E-state index in [0.717, 1.165) is 27.3 Å². The maximum absolute atomic E-state index is 12.8. The monoisotopic (exact) mass is 333 g/mol. The van der Waals surface area contributed by atoms with Gasteiger partial charge in [-0.25, -0.2) is 4.98 Å². The molecule has 0 atom stereocenters. The van der Waals surface area contributed by atoms with Gasteiger partial charge in [-0.2, -0.15) is 0 Å². The molecule has 1 aliphatic heterocycles. The molecule has 1 aliphatic rings. The molecule has 1 saturated heterocycles. The third-order valence-corrected chi connectivity index (χ3v) is 6.59. The van der Waals surface area contributed by atoms with E-state index >= 15 is 0 Å². The number of likely N-dealkylation sites (tertiary alicyclic amines) is 1. The maximum atomic E-state index is 12.8. The van der Waals surface area contributed by atoms with Crippen molar-refractivity contribution in [1.82, 2.24) is 14.3 Å². The van der Waals surface area contributed by atoms with Gasteiger partial charge in [-0.1, -0.05) is 17.8 Å². The minimum absolute atomic E-state index is 0.0861. The zero-order valence-corrected chi connectivity index (χ0v) is 14.5. The summed E-state index contributed by atoms with van der Waals surface area (Å²) in [7, 11) is 0. The predicted octanol–water partition coefficient (Wildman–Crippen LogP) is 3.57. The van der Waals surface area contributed by atoms with Crippen LogP contribution in [-0.2, 0) is 6.54 Å². The van der Waals surface area contributed by atoms with E-state index in [4.69, 9.17) is 4.98 Å². The Kier molecular flexibility index (Phi) is 3.55. The van der Waals surface area contributed by atoms with Crippen molar-refractivity contribution in [3.8, 4) is 0 Å². The summed E-state index contributed by atoms with van der Waals surface area (Å²) in [5.41, 5.74) is 1.17. The highest BCUT2D eigenvalue weighted by atomic mass is 32.1. The summed E-state index contributed by atoms with van der Waals surface area (Å²) in [5, 5.41) is 0.794. The average Bonchev–Trinajstić information content (AvgIpc) is 3.02. The Hall–Kier alpha value is -1.24. The van der Waals surface area contributed by atoms with Crippen molar-refractivity contribution in [2.24, 2.45) is 0 Å². The second kappa shape index (κ2) is 5.44. The molecule has 6 heteroatoms. The maximum Gasteiger partial charge on any atom is 0.267 e. The van der Waals surface area contributed by atoms with Gasteiger partial charge in [0.2, 0.25) is 0 Å². The van der Waals surface area contributed by atoms with Gasteiger partial charge in [0.25, 0.3) is 5.56 Å². The van der Waals surface area contributed by atoms with Gasteiger partial charge in [-0.05, 0) is 45.3 Å². The van der Waals surface area contributed by atoms with E-state index < -0.39 is 0 Å². The molecule has 0 spiro atoms. The number of thiophene rings is 1. The Morgan fingerprint density at radius 3 is 2.73 bits per heavy atom. The van der Waals surface area contributed by atoms with Crippen molar-refractivity contribution in [2.45, 2.75) is 39.7 Å². The molecule has 0 N–H and O–H groups in total. The van der Waals surface area contributed by atoms with Crippen LogP contribution < -0.4 is 5.56 Å². The van der Waals surface area contributed by atoms with Crippen molar-refractivity contribution in [2.75, 3.05) is 13.1 Å². The number of hydrogen-bond acceptors (Lipinski definition) is 5. The summed E-state index contributed by atoms with van der Waals surface area (Å²) >= 11 is 3.28. The first-order valence-electron chi connectivity index (χ1n) is 7.76. The summed E-state index contributed by atoms with van der Waals surface area (Å²) in [6, 6.07) is 0. The summed E-state index contributed by atoms with van der Waals surface area (Å²) < 4.78 is 1.74. The van der Waals surface area contributed by atoms with Crippen LogP contribution in [0.15, 0.2) is 11.0 Å². The number of thiazole rings is 1. The second-order valence-electron chi connectivity index (χ2n) is 6.07. The molecular weight excluding hydrogens is 314 g/mol. The van der Waals surface area contributed by atoms with Crippen molar-refractivity contribution in [3.63, 3.8) is 0 Å². The lowest BCUT2D eigenvalue weighted by molar-refractivity contribution is 0.222. The number of aryl methyl sites for hydroxylation is 2. The van der Waals surface area contributed by atoms with Crippen LogP contribution in [0.3, 0.4) is 0 Å². The molecule has 3 aromatic heterocycles. The van der Waals surface area contributed by atoms with Gasteiger partial charge >= 0.3 is 0 Å². The first-order valence-corrected chi connectivity index (χ1v) is 9.40. The van der Waals surface area contributed by atoms with Gasteiger partial charge in [-0.15, -0.1) is 11.3 Å². The topological polar surface area (TPSA) is 37.6 Å². The quantitative estimate of drug-likeness (QED) is 0.719. The Bertz CT molecular complexity index is 900. The number of hydrogen-bond donors (Lipinski definition) is 0. The Labute approximate surface area is 137 Å². The largest absolute Gasteiger partial charge is 0.298 e. The molecule has 0 amide bonds. The molecule has 3 aromatic rings. The fourth-order valence-corrected chi connectivity index (χ4v) is 5.26. The van der Waals surface area contributed by atoms with Crippen LogP contribution in [0.25, 0.3) is 15.2 Å². The van der Waals surface area contributed by atoms with E-state index in [1.807, 2.05) is 13.1 Å². The fourth-order valence-electron chi connectivity index (χ4n) is 3.17. The predicted molar refractivity (Wildman–Crippen MR) is 93.3 cm³/mol. The van der Waals surface area contributed by atoms with Crippen LogP contribution in [0.4, 0.5) is 0 Å². The van der Waals surface area contributed by atoms with Gasteiger partial charge in [0.05, 0.1) is 5.39 Å². The lowest BCUT2D eigenvalue weighted by Crippen LogP contribution is -2.28. The molecule has 0 radical (unpaired) electrons. The highest BCUT2D eigenvalue weighted by Crippen LogP contribution is 2.28. The smallest absolute Gasteiger partial charge is 0.267 e. The summed E-state index contributed by atoms with van der Waals surface area (Å²) in [6.07, 6.45) is 5.92. The summed E-state index contributed by atoms with van der Waals surface area (Å²) in [4.78, 5) is 24.1. The Balaban J connectivity index is 1.78. The van der Waals surface area contributed by atoms with E-state index in [0.29, 0.717) is 0 Å². The van der Waals surface area contributed by atoms with E-state index in [2.05, 4.69) is 11.8 Å². The van der Waals surface area contributed by atoms with Crippen molar-refractivity contribution >= 4 is 37.9 Å². The molecule has 0 saturated carbocycles. The zero-order chi connectivity index (χ0) is 15.3. The molecule has 0 bridgehead atoms. The lowest BCUT2D eigenvalue weighted by atomic mass is 10.1. The van der Waals surface area contributed by atoms with Gasteiger partial charge in [0, 0.05) is 22.5 Å². The number of nitrogens with zero attached hydrogens (tertiary/aromatic N) is 3. The molecular formula is C16H19N3OS2. The third-order valence-electron chi connectivity index (χ3n) is 4.53. The van der Waals surface area contributed by atoms with Crippen molar-refractivity contribution in [3.05, 3.63) is 31.9 Å². The number of aromatic nitrogens is 2. The van der Waals surface area contributed by atoms with Crippen LogP contribution in [0, 0.1) is 13.8 Å². The van der Waals surface area contributed by atoms with E-state index in [1.165, 1.54) is 42.1 Å². The summed E-state index contributed by atoms with van der Waals surface area (Å²) in [5.74, 6) is 0. The highest BCUT2D eigenvalue weighted by molar-refractivity contribution is 7.19. The molecule has 1 fully saturated rings. The van der Waals surface area contributed by atoms with E-state index in [9.17, 15) is 4.79 Å². The van der Waals surface area contributed by atoms with Crippen LogP contribution in [0.2, 0.25) is 0 Å². The number of fused-ring (bicyclic) bond motifs is 2. The highest BCUT2D eigenvalue weighted by Gasteiger charge is 2.16. The number of rotatable bonds is 2.